The van der Waals surface area contributed by atoms with E-state index in [4.69, 9.17) is 23.8 Å². The number of nitrogens with zero attached hydrogens (tertiary/aromatic N) is 1. The lowest BCUT2D eigenvalue weighted by Crippen LogP contribution is -2.66. The van der Waals surface area contributed by atoms with Gasteiger partial charge in [-0.2, -0.15) is 4.31 Å². The molecule has 0 spiro atoms. The first-order chi connectivity index (χ1) is 25.9. The van der Waals surface area contributed by atoms with E-state index in [1.807, 2.05) is 4.98 Å². The minimum atomic E-state index is -5.85. The number of carbonyl (C=O) groups is 3. The van der Waals surface area contributed by atoms with Gasteiger partial charge in [0.25, 0.3) is 5.56 Å². The van der Waals surface area contributed by atoms with Gasteiger partial charge in [0, 0.05) is 31.8 Å². The number of phosphoric ester groups is 2. The molecule has 3 heterocycles. The van der Waals surface area contributed by atoms with E-state index in [1.54, 1.807) is 0 Å². The molecule has 2 aliphatic heterocycles. The van der Waals surface area contributed by atoms with Crippen LogP contribution < -0.4 is 21.9 Å². The van der Waals surface area contributed by atoms with E-state index in [2.05, 4.69) is 19.5 Å². The summed E-state index contributed by atoms with van der Waals surface area (Å²) in [6.45, 7) is 1.14. The number of carbonyl (C=O) groups excluding carboxylic acids is 2. The first-order valence-electron chi connectivity index (χ1n) is 16.6. The largest absolute Gasteiger partial charge is 0.483 e. The number of rotatable bonds is 20. The fourth-order valence-electron chi connectivity index (χ4n) is 5.43. The molecule has 26 nitrogen and oxygen atoms in total. The zero-order valence-electron chi connectivity index (χ0n) is 29.8. The zero-order valence-corrected chi connectivity index (χ0v) is 32.5. The first kappa shape index (κ1) is 47.6. The summed E-state index contributed by atoms with van der Waals surface area (Å²) >= 11 is 0. The highest BCUT2D eigenvalue weighted by Crippen LogP contribution is 2.61. The fourth-order valence-corrected chi connectivity index (χ4v) is 8.99. The van der Waals surface area contributed by atoms with Crippen LogP contribution in [0.15, 0.2) is 21.9 Å². The first-order valence-corrected chi connectivity index (χ1v) is 21.5. The molecule has 2 amide bonds. The predicted octanol–water partition coefficient (Wildman–Crippen LogP) is -3.25. The molecule has 0 bridgehead atoms. The van der Waals surface area contributed by atoms with Crippen LogP contribution in [-0.4, -0.2) is 148 Å². The summed E-state index contributed by atoms with van der Waals surface area (Å²) in [6.07, 6.45) is -15.8. The highest BCUT2D eigenvalue weighted by Gasteiger charge is 2.52. The van der Waals surface area contributed by atoms with Gasteiger partial charge in [-0.15, -0.1) is 0 Å². The molecule has 11 N–H and O–H groups in total. The van der Waals surface area contributed by atoms with E-state index in [-0.39, 0.29) is 25.4 Å². The summed E-state index contributed by atoms with van der Waals surface area (Å²) < 4.78 is 69.3. The molecule has 14 atom stereocenters. The number of carboxylic acid groups (broad SMARTS) is 1. The number of carboxylic acids is 1. The van der Waals surface area contributed by atoms with Gasteiger partial charge in [0.2, 0.25) is 19.2 Å². The van der Waals surface area contributed by atoms with Crippen LogP contribution in [0, 0.1) is 0 Å². The molecule has 1 aromatic heterocycles. The highest BCUT2D eigenvalue weighted by molar-refractivity contribution is 7.61. The maximum absolute atomic E-state index is 13.0. The van der Waals surface area contributed by atoms with Crippen molar-refractivity contribution in [3.8, 4) is 0 Å². The number of hydrogen-bond donors (Lipinski definition) is 11. The Balaban J connectivity index is 1.70. The van der Waals surface area contributed by atoms with E-state index in [0.717, 1.165) is 26.1 Å². The molecule has 0 aliphatic carbocycles. The predicted molar refractivity (Wildman–Crippen MR) is 182 cm³/mol. The molecule has 0 aromatic carbocycles. The van der Waals surface area contributed by atoms with Gasteiger partial charge in [-0.05, 0) is 26.7 Å². The van der Waals surface area contributed by atoms with Crippen molar-refractivity contribution in [1.82, 2.24) is 20.2 Å². The number of aromatic amines is 1. The number of aliphatic carboxylic acids is 1. The van der Waals surface area contributed by atoms with Crippen molar-refractivity contribution in [2.45, 2.75) is 107 Å². The van der Waals surface area contributed by atoms with Gasteiger partial charge in [0.1, 0.15) is 54.6 Å². The number of nitrogens with one attached hydrogen (secondary N) is 3. The normalized spacial score (nSPS) is 30.9. The molecule has 0 radical (unpaired) electrons. The summed E-state index contributed by atoms with van der Waals surface area (Å²) in [5.41, 5.74) is -1.83. The van der Waals surface area contributed by atoms with Crippen LogP contribution in [0.1, 0.15) is 46.3 Å². The maximum atomic E-state index is 13.0. The van der Waals surface area contributed by atoms with Crippen LogP contribution in [-0.2, 0) is 55.6 Å². The quantitative estimate of drug-likeness (QED) is 0.0453. The topological polar surface area (TPSA) is 399 Å². The number of H-pyrrole nitrogens is 1. The average Bonchev–Trinajstić information content (AvgIpc) is 3.36. The molecule has 2 fully saturated rings. The Labute approximate surface area is 316 Å². The number of ether oxygens (including phenoxy) is 3. The lowest BCUT2D eigenvalue weighted by atomic mass is 9.96. The van der Waals surface area contributed by atoms with Gasteiger partial charge in [0.05, 0.1) is 13.2 Å². The van der Waals surface area contributed by atoms with Crippen LogP contribution >= 0.6 is 23.0 Å². The van der Waals surface area contributed by atoms with Gasteiger partial charge >= 0.3 is 27.3 Å². The second kappa shape index (κ2) is 19.8. The smallest absolute Gasteiger partial charge is 0.481 e. The van der Waals surface area contributed by atoms with E-state index < -0.39 is 132 Å². The minimum absolute atomic E-state index is 0.0603. The average molecular weight is 871 g/mol. The summed E-state index contributed by atoms with van der Waals surface area (Å²) in [6, 6.07) is -0.934. The molecule has 3 rings (SSSR count). The molecule has 1 aromatic rings. The van der Waals surface area contributed by atoms with Crippen molar-refractivity contribution in [3.63, 3.8) is 0 Å². The van der Waals surface area contributed by atoms with E-state index in [9.17, 15) is 72.8 Å². The van der Waals surface area contributed by atoms with E-state index >= 15 is 0 Å². The number of aliphatic hydroxyl groups excluding tert-OH is 4. The number of aromatic nitrogens is 2. The summed E-state index contributed by atoms with van der Waals surface area (Å²) in [5.74, 6) is -4.37. The molecule has 0 saturated carbocycles. The number of unbranched alkanes of at least 4 members (excludes halogenated alkanes) is 1. The van der Waals surface area contributed by atoms with Crippen LogP contribution in [0.3, 0.4) is 0 Å². The van der Waals surface area contributed by atoms with Gasteiger partial charge in [-0.3, -0.25) is 42.3 Å². The van der Waals surface area contributed by atoms with Crippen LogP contribution in [0.2, 0.25) is 0 Å². The van der Waals surface area contributed by atoms with Crippen LogP contribution in [0.25, 0.3) is 0 Å². The standard InChI is InChI=1S/C27H45N4O22P3/c1-12(24(40)29-14(3)54(42,43)9-5-4-6-18(35)36)49-23-19(28-13(2)33)26(51-15(10-32)21(23)38)52-56(46,47)53-55(44,45)48-11-16-20(37)22(39)25(50-16)31-8-7-17(34)30-27(31)41/h7-8,12,14-16,19-23,25-26,32,37-39H,4-6,9-11H2,1-3H3,(H,28,33)(H,29,40)(H,35,36)(H,42,43)(H,44,45)(H,46,47)(H,30,34,41)/t12-,14+,15-,16-,19-,20-,21-,22-,23-,25-,26-/m1/s1. The molecule has 2 aliphatic rings. The van der Waals surface area contributed by atoms with Crippen molar-refractivity contribution in [2.75, 3.05) is 19.4 Å². The van der Waals surface area contributed by atoms with Gasteiger partial charge in [0.15, 0.2) is 12.5 Å². The monoisotopic (exact) mass is 870 g/mol. The third kappa shape index (κ3) is 13.1. The summed E-state index contributed by atoms with van der Waals surface area (Å²) in [4.78, 5) is 92.3. The number of hydrogen-bond acceptors (Lipinski definition) is 18. The van der Waals surface area contributed by atoms with Crippen molar-refractivity contribution in [3.05, 3.63) is 33.1 Å². The zero-order chi connectivity index (χ0) is 42.3. The Kier molecular flexibility index (Phi) is 16.8. The number of amides is 2. The lowest BCUT2D eigenvalue weighted by molar-refractivity contribution is -0.261. The minimum Gasteiger partial charge on any atom is -0.481 e. The second-order valence-electron chi connectivity index (χ2n) is 12.7. The lowest BCUT2D eigenvalue weighted by Gasteiger charge is -2.44. The maximum Gasteiger partial charge on any atom is 0.483 e. The fraction of sp³-hybridized carbons (Fsp3) is 0.741. The molecule has 320 valence electrons. The summed E-state index contributed by atoms with van der Waals surface area (Å²) in [7, 11) is -15.6. The van der Waals surface area contributed by atoms with Crippen molar-refractivity contribution < 1.29 is 95.9 Å². The Hall–Kier alpha value is -2.74. The Morgan fingerprint density at radius 1 is 0.982 bits per heavy atom. The third-order valence-corrected chi connectivity index (χ3v) is 13.2. The molecular weight excluding hydrogens is 825 g/mol. The van der Waals surface area contributed by atoms with Gasteiger partial charge in [-0.25, -0.2) is 13.9 Å². The van der Waals surface area contributed by atoms with Gasteiger partial charge < -0.3 is 65.1 Å². The summed E-state index contributed by atoms with van der Waals surface area (Å²) in [5, 5.41) is 54.7. The van der Waals surface area contributed by atoms with E-state index in [0.29, 0.717) is 4.57 Å². The molecule has 29 heteroatoms. The van der Waals surface area contributed by atoms with Crippen molar-refractivity contribution in [2.24, 2.45) is 0 Å². The Morgan fingerprint density at radius 3 is 2.23 bits per heavy atom. The Bertz CT molecular complexity index is 1810. The second-order valence-corrected chi connectivity index (χ2v) is 18.4. The van der Waals surface area contributed by atoms with E-state index in [1.165, 1.54) is 6.92 Å². The molecule has 2 saturated heterocycles. The van der Waals surface area contributed by atoms with Gasteiger partial charge in [-0.1, -0.05) is 0 Å². The van der Waals surface area contributed by atoms with Crippen LogP contribution in [0.4, 0.5) is 0 Å². The highest BCUT2D eigenvalue weighted by atomic mass is 31.3. The van der Waals surface area contributed by atoms with Crippen molar-refractivity contribution in [1.29, 1.82) is 0 Å². The number of phosphoric acid groups is 2. The molecular formula is C27H45N4O22P3. The Morgan fingerprint density at radius 2 is 1.64 bits per heavy atom. The van der Waals surface area contributed by atoms with Crippen molar-refractivity contribution >= 4 is 40.8 Å². The number of aliphatic hydroxyl groups is 4. The third-order valence-electron chi connectivity index (χ3n) is 8.34. The molecule has 56 heavy (non-hydrogen) atoms. The molecule has 3 unspecified atom stereocenters. The SMILES string of the molecule is CC(=O)N[C@H]1[C@@H](OP(=O)(O)OP(=O)(O)OC[C@H]2O[C@@H](n3ccc(=O)[nH]c3=O)[C@H](O)[C@@H]2O)O[C@H](CO)[C@@H](O)[C@@H]1O[C@H](C)C(=O)N[C@H](C)P(=O)(O)CCCCC(=O)O. The van der Waals surface area contributed by atoms with Crippen LogP contribution in [0.5, 0.6) is 0 Å².